The molecule has 2 rings (SSSR count). The zero-order valence-electron chi connectivity index (χ0n) is 7.48. The normalized spacial score (nSPS) is 12.7. The molecule has 1 aromatic heterocycles. The Morgan fingerprint density at radius 2 is 1.79 bits per heavy atom. The summed E-state index contributed by atoms with van der Waals surface area (Å²) in [5.41, 5.74) is 7.07. The summed E-state index contributed by atoms with van der Waals surface area (Å²) in [6.07, 6.45) is 0. The molecule has 0 aliphatic carbocycles. The fourth-order valence-corrected chi connectivity index (χ4v) is 1.64. The van der Waals surface area contributed by atoms with Gasteiger partial charge in [0.2, 0.25) is 0 Å². The van der Waals surface area contributed by atoms with Gasteiger partial charge in [-0.2, -0.15) is 0 Å². The van der Waals surface area contributed by atoms with E-state index in [2.05, 4.69) is 15.9 Å². The molecule has 0 amide bonds. The number of furan rings is 1. The molecule has 1 heterocycles. The first-order valence-electron chi connectivity index (χ1n) is 4.33. The van der Waals surface area contributed by atoms with E-state index in [1.165, 1.54) is 0 Å². The number of nitrogens with two attached hydrogens (primary N) is 1. The molecule has 0 fully saturated rings. The monoisotopic (exact) mass is 251 g/mol. The van der Waals surface area contributed by atoms with Gasteiger partial charge < -0.3 is 10.2 Å². The second-order valence-electron chi connectivity index (χ2n) is 3.03. The van der Waals surface area contributed by atoms with Gasteiger partial charge >= 0.3 is 0 Å². The molecule has 14 heavy (non-hydrogen) atoms. The van der Waals surface area contributed by atoms with Crippen molar-refractivity contribution in [1.82, 2.24) is 0 Å². The maximum Gasteiger partial charge on any atom is 0.169 e. The molecule has 0 bridgehead atoms. The van der Waals surface area contributed by atoms with Crippen molar-refractivity contribution in [2.24, 2.45) is 5.73 Å². The molecule has 3 heteroatoms. The van der Waals surface area contributed by atoms with Crippen molar-refractivity contribution in [2.45, 2.75) is 6.04 Å². The van der Waals surface area contributed by atoms with Crippen LogP contribution in [0.1, 0.15) is 17.4 Å². The molecule has 1 aromatic carbocycles. The summed E-state index contributed by atoms with van der Waals surface area (Å²) in [7, 11) is 0. The molecular weight excluding hydrogens is 242 g/mol. The summed E-state index contributed by atoms with van der Waals surface area (Å²) < 4.78 is 6.10. The SMILES string of the molecule is NC(c1ccccc1)c1ccc(Br)o1. The Bertz CT molecular complexity index is 410. The van der Waals surface area contributed by atoms with Crippen LogP contribution in [0, 0.1) is 0 Å². The van der Waals surface area contributed by atoms with Gasteiger partial charge in [0, 0.05) is 0 Å². The quantitative estimate of drug-likeness (QED) is 0.891. The first-order chi connectivity index (χ1) is 6.77. The number of rotatable bonds is 2. The fraction of sp³-hybridized carbons (Fsp3) is 0.0909. The van der Waals surface area contributed by atoms with Gasteiger partial charge in [-0.05, 0) is 33.6 Å². The molecule has 0 radical (unpaired) electrons. The Kier molecular flexibility index (Phi) is 2.70. The topological polar surface area (TPSA) is 39.2 Å². The number of hydrogen-bond acceptors (Lipinski definition) is 2. The van der Waals surface area contributed by atoms with Crippen LogP contribution in [0.4, 0.5) is 0 Å². The molecule has 2 nitrogen and oxygen atoms in total. The van der Waals surface area contributed by atoms with Crippen molar-refractivity contribution in [3.05, 3.63) is 58.5 Å². The summed E-state index contributed by atoms with van der Waals surface area (Å²) in [5.74, 6) is 0.767. The first kappa shape index (κ1) is 9.49. The highest BCUT2D eigenvalue weighted by molar-refractivity contribution is 9.10. The van der Waals surface area contributed by atoms with Crippen LogP contribution in [0.5, 0.6) is 0 Å². The zero-order chi connectivity index (χ0) is 9.97. The second-order valence-corrected chi connectivity index (χ2v) is 3.81. The summed E-state index contributed by atoms with van der Waals surface area (Å²) >= 11 is 3.25. The van der Waals surface area contributed by atoms with E-state index >= 15 is 0 Å². The van der Waals surface area contributed by atoms with Crippen molar-refractivity contribution in [2.75, 3.05) is 0 Å². The molecule has 0 aliphatic heterocycles. The molecule has 0 aliphatic rings. The maximum absolute atomic E-state index is 6.02. The van der Waals surface area contributed by atoms with E-state index in [9.17, 15) is 0 Å². The summed E-state index contributed by atoms with van der Waals surface area (Å²) in [6, 6.07) is 13.4. The molecule has 72 valence electrons. The van der Waals surface area contributed by atoms with Crippen molar-refractivity contribution in [1.29, 1.82) is 0 Å². The van der Waals surface area contributed by atoms with Gasteiger partial charge in [0.15, 0.2) is 4.67 Å². The van der Waals surface area contributed by atoms with Crippen molar-refractivity contribution in [3.8, 4) is 0 Å². The molecule has 0 spiro atoms. The lowest BCUT2D eigenvalue weighted by Gasteiger charge is -2.07. The van der Waals surface area contributed by atoms with E-state index < -0.39 is 0 Å². The van der Waals surface area contributed by atoms with Crippen LogP contribution < -0.4 is 5.73 Å². The maximum atomic E-state index is 6.02. The summed E-state index contributed by atoms with van der Waals surface area (Å²) in [5, 5.41) is 0. The zero-order valence-corrected chi connectivity index (χ0v) is 9.07. The van der Waals surface area contributed by atoms with E-state index in [4.69, 9.17) is 10.2 Å². The van der Waals surface area contributed by atoms with E-state index in [0.29, 0.717) is 4.67 Å². The van der Waals surface area contributed by atoms with Gasteiger partial charge in [0.25, 0.3) is 0 Å². The lowest BCUT2D eigenvalue weighted by molar-refractivity contribution is 0.470. The Morgan fingerprint density at radius 3 is 2.36 bits per heavy atom. The van der Waals surface area contributed by atoms with Gasteiger partial charge in [-0.1, -0.05) is 30.3 Å². The average molecular weight is 252 g/mol. The Labute approximate surface area is 90.9 Å². The minimum absolute atomic E-state index is 0.192. The van der Waals surface area contributed by atoms with Gasteiger partial charge in [0.05, 0.1) is 6.04 Å². The summed E-state index contributed by atoms with van der Waals surface area (Å²) in [6.45, 7) is 0. The van der Waals surface area contributed by atoms with Crippen molar-refractivity contribution < 1.29 is 4.42 Å². The van der Waals surface area contributed by atoms with Gasteiger partial charge in [0.1, 0.15) is 5.76 Å². The van der Waals surface area contributed by atoms with Crippen LogP contribution in [0.15, 0.2) is 51.6 Å². The van der Waals surface area contributed by atoms with Crippen LogP contribution in [-0.4, -0.2) is 0 Å². The van der Waals surface area contributed by atoms with Crippen LogP contribution in [0.25, 0.3) is 0 Å². The smallest absolute Gasteiger partial charge is 0.169 e. The minimum atomic E-state index is -0.192. The third-order valence-electron chi connectivity index (χ3n) is 2.06. The van der Waals surface area contributed by atoms with Crippen molar-refractivity contribution in [3.63, 3.8) is 0 Å². The van der Waals surface area contributed by atoms with Gasteiger partial charge in [-0.15, -0.1) is 0 Å². The lowest BCUT2D eigenvalue weighted by Crippen LogP contribution is -2.10. The Balaban J connectivity index is 2.29. The van der Waals surface area contributed by atoms with E-state index in [-0.39, 0.29) is 6.04 Å². The van der Waals surface area contributed by atoms with Crippen LogP contribution in [0.2, 0.25) is 0 Å². The van der Waals surface area contributed by atoms with E-state index in [1.54, 1.807) is 0 Å². The number of halogens is 1. The highest BCUT2D eigenvalue weighted by Gasteiger charge is 2.11. The lowest BCUT2D eigenvalue weighted by atomic mass is 10.1. The van der Waals surface area contributed by atoms with Crippen LogP contribution in [0.3, 0.4) is 0 Å². The number of hydrogen-bond donors (Lipinski definition) is 1. The van der Waals surface area contributed by atoms with Gasteiger partial charge in [-0.3, -0.25) is 0 Å². The van der Waals surface area contributed by atoms with E-state index in [0.717, 1.165) is 11.3 Å². The molecule has 0 saturated heterocycles. The van der Waals surface area contributed by atoms with E-state index in [1.807, 2.05) is 42.5 Å². The number of benzene rings is 1. The molecular formula is C11H10BrNO. The molecule has 2 aromatic rings. The average Bonchev–Trinajstić information content (AvgIpc) is 2.65. The highest BCUT2D eigenvalue weighted by Crippen LogP contribution is 2.23. The third kappa shape index (κ3) is 1.89. The standard InChI is InChI=1S/C11H10BrNO/c12-10-7-6-9(14-10)11(13)8-4-2-1-3-5-8/h1-7,11H,13H2. The Morgan fingerprint density at radius 1 is 1.07 bits per heavy atom. The second kappa shape index (κ2) is 3.98. The Hall–Kier alpha value is -1.06. The molecule has 2 N–H and O–H groups in total. The predicted molar refractivity (Wildman–Crippen MR) is 58.9 cm³/mol. The minimum Gasteiger partial charge on any atom is -0.452 e. The third-order valence-corrected chi connectivity index (χ3v) is 2.49. The largest absolute Gasteiger partial charge is 0.452 e. The van der Waals surface area contributed by atoms with Crippen molar-refractivity contribution >= 4 is 15.9 Å². The van der Waals surface area contributed by atoms with Crippen LogP contribution in [-0.2, 0) is 0 Å². The fourth-order valence-electron chi connectivity index (χ4n) is 1.32. The summed E-state index contributed by atoms with van der Waals surface area (Å²) in [4.78, 5) is 0. The van der Waals surface area contributed by atoms with Gasteiger partial charge in [-0.25, -0.2) is 0 Å². The molecule has 1 atom stereocenters. The molecule has 0 saturated carbocycles. The molecule has 1 unspecified atom stereocenters. The first-order valence-corrected chi connectivity index (χ1v) is 5.12. The predicted octanol–water partition coefficient (Wildman–Crippen LogP) is 3.09. The highest BCUT2D eigenvalue weighted by atomic mass is 79.9. The van der Waals surface area contributed by atoms with Crippen LogP contribution >= 0.6 is 15.9 Å².